The average Bonchev–Trinajstić information content (AvgIpc) is 3.06. The molecule has 0 aliphatic carbocycles. The van der Waals surface area contributed by atoms with Gasteiger partial charge in [-0.1, -0.05) is 91.1 Å². The first kappa shape index (κ1) is 41.1. The molecule has 9 nitrogen and oxygen atoms in total. The van der Waals surface area contributed by atoms with E-state index in [1.807, 2.05) is 135 Å². The molecule has 3 N–H and O–H groups in total. The quantitative estimate of drug-likeness (QED) is 0.135. The summed E-state index contributed by atoms with van der Waals surface area (Å²) in [5, 5.41) is 8.70. The van der Waals surface area contributed by atoms with Crippen molar-refractivity contribution in [3.8, 4) is 0 Å². The molecule has 3 amide bonds. The van der Waals surface area contributed by atoms with Crippen LogP contribution in [0.15, 0.2) is 92.5 Å². The predicted octanol–water partition coefficient (Wildman–Crippen LogP) is 9.83. The molecule has 0 fully saturated rings. The van der Waals surface area contributed by atoms with E-state index in [9.17, 15) is 14.4 Å². The van der Waals surface area contributed by atoms with E-state index in [0.717, 1.165) is 50.1 Å². The number of benzene rings is 3. The summed E-state index contributed by atoms with van der Waals surface area (Å²) in [6, 6.07) is 23.2. The van der Waals surface area contributed by atoms with Gasteiger partial charge in [0.25, 0.3) is 0 Å². The Hall–Kier alpha value is -5.31. The van der Waals surface area contributed by atoms with E-state index in [-0.39, 0.29) is 19.6 Å². The molecule has 0 aliphatic heterocycles. The molecule has 0 aliphatic rings. The van der Waals surface area contributed by atoms with E-state index in [2.05, 4.69) is 35.7 Å². The smallest absolute Gasteiger partial charge is 0.408 e. The van der Waals surface area contributed by atoms with Gasteiger partial charge >= 0.3 is 18.3 Å². The maximum absolute atomic E-state index is 13.3. The van der Waals surface area contributed by atoms with E-state index in [1.54, 1.807) is 0 Å². The minimum absolute atomic E-state index is 0.0648. The third kappa shape index (κ3) is 11.9. The van der Waals surface area contributed by atoms with Gasteiger partial charge in [0.05, 0.1) is 23.2 Å². The van der Waals surface area contributed by atoms with Gasteiger partial charge in [0.2, 0.25) is 0 Å². The highest BCUT2D eigenvalue weighted by atomic mass is 16.6. The molecule has 0 saturated heterocycles. The summed E-state index contributed by atoms with van der Waals surface area (Å²) in [7, 11) is 0. The molecule has 1 atom stereocenters. The van der Waals surface area contributed by atoms with Crippen molar-refractivity contribution in [1.29, 1.82) is 0 Å². The fraction of sp³-hybridized carbons (Fsp3) is 0.372. The number of alkyl carbamates (subject to hydrolysis) is 3. The Labute approximate surface area is 309 Å². The van der Waals surface area contributed by atoms with Crippen LogP contribution in [0, 0.1) is 0 Å². The molecule has 9 heteroatoms. The SMILES string of the molecule is C=C(C)c1cccc(C(C)(C)NC(=O)OCCC(COC(=O)NC(C)(C)c2cccc(C(=C)C)c2)OC(=O)NC(C)(C)c2cccc(C(=C)C)c2)c1. The molecular weight excluding hydrogens is 654 g/mol. The van der Waals surface area contributed by atoms with Gasteiger partial charge < -0.3 is 30.2 Å². The average molecular weight is 710 g/mol. The van der Waals surface area contributed by atoms with Crippen LogP contribution in [0.5, 0.6) is 0 Å². The van der Waals surface area contributed by atoms with Crippen molar-refractivity contribution in [2.24, 2.45) is 0 Å². The Morgan fingerprint density at radius 1 is 0.577 bits per heavy atom. The highest BCUT2D eigenvalue weighted by Crippen LogP contribution is 2.26. The maximum atomic E-state index is 13.3. The standard InChI is InChI=1S/C43H55N3O6/c1-28(2)31-16-13-19-34(24-31)41(7,8)44-38(47)50-23-22-37(52-40(49)46-43(11,12)36-21-15-18-33(26-36)30(5)6)27-51-39(48)45-42(9,10)35-20-14-17-32(25-35)29(3)4/h13-21,24-26,37H,1,3,5,22-23,27H2,2,4,6-12H3,(H,44,47)(H,45,48)(H,46,49). The third-order valence-electron chi connectivity index (χ3n) is 8.82. The molecule has 0 bridgehead atoms. The van der Waals surface area contributed by atoms with Gasteiger partial charge in [-0.15, -0.1) is 0 Å². The number of nitrogens with one attached hydrogen (secondary N) is 3. The fourth-order valence-electron chi connectivity index (χ4n) is 5.38. The maximum Gasteiger partial charge on any atom is 0.408 e. The summed E-state index contributed by atoms with van der Waals surface area (Å²) in [4.78, 5) is 39.3. The zero-order chi connectivity index (χ0) is 38.9. The Morgan fingerprint density at radius 3 is 1.29 bits per heavy atom. The summed E-state index contributed by atoms with van der Waals surface area (Å²) < 4.78 is 16.9. The number of hydrogen-bond acceptors (Lipinski definition) is 6. The summed E-state index contributed by atoms with van der Waals surface area (Å²) in [6.07, 6.45) is -2.94. The van der Waals surface area contributed by atoms with E-state index in [0.29, 0.717) is 0 Å². The van der Waals surface area contributed by atoms with E-state index >= 15 is 0 Å². The van der Waals surface area contributed by atoms with Crippen LogP contribution in [0.25, 0.3) is 16.7 Å². The lowest BCUT2D eigenvalue weighted by Gasteiger charge is -2.29. The fourth-order valence-corrected chi connectivity index (χ4v) is 5.38. The topological polar surface area (TPSA) is 115 Å². The van der Waals surface area contributed by atoms with E-state index < -0.39 is 41.0 Å². The van der Waals surface area contributed by atoms with Crippen molar-refractivity contribution in [3.63, 3.8) is 0 Å². The van der Waals surface area contributed by atoms with Crippen LogP contribution in [0.4, 0.5) is 14.4 Å². The monoisotopic (exact) mass is 709 g/mol. The molecule has 0 saturated carbocycles. The predicted molar refractivity (Wildman–Crippen MR) is 210 cm³/mol. The van der Waals surface area contributed by atoms with Crippen LogP contribution in [0.3, 0.4) is 0 Å². The first-order chi connectivity index (χ1) is 24.2. The first-order valence-electron chi connectivity index (χ1n) is 17.4. The zero-order valence-corrected chi connectivity index (χ0v) is 32.2. The lowest BCUT2D eigenvalue weighted by molar-refractivity contribution is 0.0236. The number of rotatable bonds is 15. The molecule has 3 rings (SSSR count). The van der Waals surface area contributed by atoms with E-state index in [1.165, 1.54) is 0 Å². The Morgan fingerprint density at radius 2 is 0.923 bits per heavy atom. The normalized spacial score (nSPS) is 12.2. The number of carbonyl (C=O) groups excluding carboxylic acids is 3. The lowest BCUT2D eigenvalue weighted by Crippen LogP contribution is -2.45. The van der Waals surface area contributed by atoms with Gasteiger partial charge in [-0.2, -0.15) is 0 Å². The third-order valence-corrected chi connectivity index (χ3v) is 8.82. The molecule has 3 aromatic rings. The first-order valence-corrected chi connectivity index (χ1v) is 17.4. The Balaban J connectivity index is 1.70. The number of amides is 3. The summed E-state index contributed by atoms with van der Waals surface area (Å²) in [5.41, 5.74) is 5.86. The second kappa shape index (κ2) is 17.3. The zero-order valence-electron chi connectivity index (χ0n) is 32.2. The number of carbonyl (C=O) groups is 3. The summed E-state index contributed by atoms with van der Waals surface area (Å²) >= 11 is 0. The molecule has 0 spiro atoms. The van der Waals surface area contributed by atoms with Crippen LogP contribution in [-0.4, -0.2) is 37.6 Å². The van der Waals surface area contributed by atoms with Crippen molar-refractivity contribution < 1.29 is 28.6 Å². The lowest BCUT2D eigenvalue weighted by atomic mass is 9.92. The molecule has 52 heavy (non-hydrogen) atoms. The van der Waals surface area contributed by atoms with Gasteiger partial charge in [-0.25, -0.2) is 14.4 Å². The van der Waals surface area contributed by atoms with Crippen LogP contribution >= 0.6 is 0 Å². The highest BCUT2D eigenvalue weighted by Gasteiger charge is 2.29. The molecule has 1 unspecified atom stereocenters. The van der Waals surface area contributed by atoms with Crippen LogP contribution in [0.2, 0.25) is 0 Å². The molecule has 3 aromatic carbocycles. The van der Waals surface area contributed by atoms with Gasteiger partial charge in [-0.3, -0.25) is 0 Å². The Bertz CT molecular complexity index is 1810. The molecule has 0 radical (unpaired) electrons. The second-order valence-electron chi connectivity index (χ2n) is 14.9. The second-order valence-corrected chi connectivity index (χ2v) is 14.9. The molecule has 0 aromatic heterocycles. The van der Waals surface area contributed by atoms with Crippen molar-refractivity contribution in [2.75, 3.05) is 13.2 Å². The van der Waals surface area contributed by atoms with Crippen molar-refractivity contribution in [2.45, 2.75) is 91.5 Å². The van der Waals surface area contributed by atoms with Gasteiger partial charge in [0.15, 0.2) is 0 Å². The Kier molecular flexibility index (Phi) is 13.7. The van der Waals surface area contributed by atoms with Crippen LogP contribution in [-0.2, 0) is 30.8 Å². The number of allylic oxidation sites excluding steroid dienone is 3. The van der Waals surface area contributed by atoms with Gasteiger partial charge in [0, 0.05) is 6.42 Å². The van der Waals surface area contributed by atoms with Gasteiger partial charge in [-0.05, 0) is 114 Å². The number of hydrogen-bond donors (Lipinski definition) is 3. The van der Waals surface area contributed by atoms with Crippen LogP contribution in [0.1, 0.15) is 102 Å². The van der Waals surface area contributed by atoms with Crippen LogP contribution < -0.4 is 16.0 Å². The van der Waals surface area contributed by atoms with E-state index in [4.69, 9.17) is 14.2 Å². The largest absolute Gasteiger partial charge is 0.449 e. The minimum Gasteiger partial charge on any atom is -0.449 e. The summed E-state index contributed by atoms with van der Waals surface area (Å²) in [5.74, 6) is 0. The molecular formula is C43H55N3O6. The summed E-state index contributed by atoms with van der Waals surface area (Å²) in [6.45, 7) is 28.6. The number of ether oxygens (including phenoxy) is 3. The minimum atomic E-state index is -0.939. The van der Waals surface area contributed by atoms with Gasteiger partial charge in [0.1, 0.15) is 12.7 Å². The molecule has 278 valence electrons. The van der Waals surface area contributed by atoms with Crippen molar-refractivity contribution in [1.82, 2.24) is 16.0 Å². The molecule has 0 heterocycles. The van der Waals surface area contributed by atoms with Crippen molar-refractivity contribution >= 4 is 35.0 Å². The highest BCUT2D eigenvalue weighted by molar-refractivity contribution is 5.71. The van der Waals surface area contributed by atoms with Crippen molar-refractivity contribution in [3.05, 3.63) is 126 Å².